The Morgan fingerprint density at radius 2 is 1.56 bits per heavy atom. The maximum Gasteiger partial charge on any atom is 0.323 e. The van der Waals surface area contributed by atoms with Gasteiger partial charge in [-0.1, -0.05) is 42.5 Å². The second kappa shape index (κ2) is 11.4. The van der Waals surface area contributed by atoms with Gasteiger partial charge in [0.15, 0.2) is 5.76 Å². The number of benzene rings is 3. The van der Waals surface area contributed by atoms with E-state index in [9.17, 15) is 9.59 Å². The van der Waals surface area contributed by atoms with E-state index in [4.69, 9.17) is 14.4 Å². The summed E-state index contributed by atoms with van der Waals surface area (Å²) >= 11 is 0. The molecule has 1 unspecified atom stereocenters. The minimum absolute atomic E-state index is 0.0911. The van der Waals surface area contributed by atoms with Crippen LogP contribution in [0.2, 0.25) is 0 Å². The minimum atomic E-state index is -0.365. The van der Waals surface area contributed by atoms with E-state index in [1.807, 2.05) is 37.3 Å². The molecular weight excluding hydrogens is 456 g/mol. The normalized spacial score (nSPS) is 11.1. The van der Waals surface area contributed by atoms with Crippen molar-refractivity contribution < 1.29 is 18.7 Å². The predicted octanol–water partition coefficient (Wildman–Crippen LogP) is 5.87. The lowest BCUT2D eigenvalue weighted by Gasteiger charge is -2.14. The molecule has 4 rings (SSSR count). The fraction of sp³-hybridized carbons (Fsp3) is 0.107. The fourth-order valence-corrected chi connectivity index (χ4v) is 3.43. The Labute approximate surface area is 208 Å². The van der Waals surface area contributed by atoms with Crippen LogP contribution in [0.25, 0.3) is 0 Å². The predicted molar refractivity (Wildman–Crippen MR) is 136 cm³/mol. The first-order chi connectivity index (χ1) is 17.5. The zero-order valence-corrected chi connectivity index (χ0v) is 19.5. The van der Waals surface area contributed by atoms with Gasteiger partial charge in [-0.05, 0) is 61.0 Å². The van der Waals surface area contributed by atoms with Gasteiger partial charge in [0.1, 0.15) is 24.2 Å². The van der Waals surface area contributed by atoms with Gasteiger partial charge in [0, 0.05) is 11.4 Å². The van der Waals surface area contributed by atoms with Gasteiger partial charge in [0.25, 0.3) is 5.91 Å². The number of nitrogens with zero attached hydrogens (tertiary/aromatic N) is 1. The van der Waals surface area contributed by atoms with Crippen LogP contribution in [0.5, 0.6) is 5.75 Å². The first-order valence-electron chi connectivity index (χ1n) is 11.3. The molecule has 0 saturated carbocycles. The van der Waals surface area contributed by atoms with Crippen molar-refractivity contribution in [1.29, 1.82) is 5.26 Å². The number of anilines is 2. The first-order valence-corrected chi connectivity index (χ1v) is 11.3. The van der Waals surface area contributed by atoms with Gasteiger partial charge in [-0.3, -0.25) is 4.79 Å². The molecule has 180 valence electrons. The Balaban J connectivity index is 1.29. The summed E-state index contributed by atoms with van der Waals surface area (Å²) in [4.78, 5) is 24.8. The Kier molecular flexibility index (Phi) is 7.63. The molecule has 3 amide bonds. The highest BCUT2D eigenvalue weighted by Crippen LogP contribution is 2.20. The molecular formula is C28H24N4O4. The van der Waals surface area contributed by atoms with Gasteiger partial charge in [0.2, 0.25) is 0 Å². The minimum Gasteiger partial charge on any atom is -0.484 e. The Bertz CT molecular complexity index is 1370. The zero-order valence-electron chi connectivity index (χ0n) is 19.5. The lowest BCUT2D eigenvalue weighted by atomic mass is 10.1. The van der Waals surface area contributed by atoms with Crippen molar-refractivity contribution in [3.63, 3.8) is 0 Å². The SMILES string of the molecule is CC(NC(=O)c1ccc(COc2ccccc2C#N)o1)c1ccc(NC(=O)Nc2ccccc2)cc1. The molecule has 0 aliphatic rings. The number of amides is 3. The van der Waals surface area contributed by atoms with E-state index in [0.29, 0.717) is 28.4 Å². The van der Waals surface area contributed by atoms with Crippen LogP contribution in [0.1, 0.15) is 40.4 Å². The molecule has 0 aliphatic carbocycles. The fourth-order valence-electron chi connectivity index (χ4n) is 3.43. The Morgan fingerprint density at radius 1 is 0.889 bits per heavy atom. The summed E-state index contributed by atoms with van der Waals surface area (Å²) in [5.41, 5.74) is 2.61. The third-order valence-electron chi connectivity index (χ3n) is 5.31. The van der Waals surface area contributed by atoms with Crippen LogP contribution in [0.15, 0.2) is 95.4 Å². The van der Waals surface area contributed by atoms with Gasteiger partial charge >= 0.3 is 6.03 Å². The van der Waals surface area contributed by atoms with E-state index in [0.717, 1.165) is 5.56 Å². The third-order valence-corrected chi connectivity index (χ3v) is 5.31. The van der Waals surface area contributed by atoms with Gasteiger partial charge in [-0.25, -0.2) is 4.79 Å². The van der Waals surface area contributed by atoms with Crippen molar-refractivity contribution in [3.8, 4) is 11.8 Å². The largest absolute Gasteiger partial charge is 0.484 e. The van der Waals surface area contributed by atoms with E-state index in [1.54, 1.807) is 60.7 Å². The van der Waals surface area contributed by atoms with Crippen LogP contribution in [-0.4, -0.2) is 11.9 Å². The number of rotatable bonds is 8. The number of urea groups is 1. The topological polar surface area (TPSA) is 116 Å². The lowest BCUT2D eigenvalue weighted by Crippen LogP contribution is -2.26. The van der Waals surface area contributed by atoms with E-state index < -0.39 is 0 Å². The van der Waals surface area contributed by atoms with Crippen LogP contribution in [0.4, 0.5) is 16.2 Å². The molecule has 0 saturated heterocycles. The van der Waals surface area contributed by atoms with Gasteiger partial charge in [0.05, 0.1) is 11.6 Å². The number of carbonyl (C=O) groups excluding carboxylic acids is 2. The van der Waals surface area contributed by atoms with Crippen molar-refractivity contribution in [2.75, 3.05) is 10.6 Å². The first kappa shape index (κ1) is 24.1. The molecule has 1 atom stereocenters. The standard InChI is InChI=1S/C28H24N4O4/c1-19(20-11-13-23(14-12-20)32-28(34)31-22-8-3-2-4-9-22)30-27(33)26-16-15-24(36-26)18-35-25-10-6-5-7-21(25)17-29/h2-16,19H,18H2,1H3,(H,30,33)(H2,31,32,34). The number of ether oxygens (including phenoxy) is 1. The van der Waals surface area contributed by atoms with Crippen LogP contribution in [-0.2, 0) is 6.61 Å². The average Bonchev–Trinajstić information content (AvgIpc) is 3.38. The number of hydrogen-bond donors (Lipinski definition) is 3. The summed E-state index contributed by atoms with van der Waals surface area (Å²) in [5.74, 6) is 0.705. The molecule has 0 bridgehead atoms. The van der Waals surface area contributed by atoms with Gasteiger partial charge in [-0.2, -0.15) is 5.26 Å². The molecule has 1 heterocycles. The number of para-hydroxylation sites is 2. The highest BCUT2D eigenvalue weighted by molar-refractivity contribution is 5.99. The molecule has 3 aromatic carbocycles. The average molecular weight is 481 g/mol. The van der Waals surface area contributed by atoms with Crippen molar-refractivity contribution >= 4 is 23.3 Å². The summed E-state index contributed by atoms with van der Waals surface area (Å²) in [6, 6.07) is 27.9. The van der Waals surface area contributed by atoms with Crippen molar-refractivity contribution in [1.82, 2.24) is 5.32 Å². The van der Waals surface area contributed by atoms with Crippen LogP contribution >= 0.6 is 0 Å². The molecule has 0 spiro atoms. The highest BCUT2D eigenvalue weighted by atomic mass is 16.5. The van der Waals surface area contributed by atoms with E-state index in [2.05, 4.69) is 22.0 Å². The molecule has 1 aromatic heterocycles. The molecule has 4 aromatic rings. The Morgan fingerprint density at radius 3 is 2.28 bits per heavy atom. The monoisotopic (exact) mass is 480 g/mol. The number of furan rings is 1. The van der Waals surface area contributed by atoms with Crippen molar-refractivity contribution in [2.45, 2.75) is 19.6 Å². The molecule has 36 heavy (non-hydrogen) atoms. The van der Waals surface area contributed by atoms with Crippen LogP contribution in [0.3, 0.4) is 0 Å². The number of carbonyl (C=O) groups is 2. The van der Waals surface area contributed by atoms with Gasteiger partial charge < -0.3 is 25.1 Å². The highest BCUT2D eigenvalue weighted by Gasteiger charge is 2.16. The van der Waals surface area contributed by atoms with Gasteiger partial charge in [-0.15, -0.1) is 0 Å². The molecule has 8 nitrogen and oxygen atoms in total. The number of hydrogen-bond acceptors (Lipinski definition) is 5. The van der Waals surface area contributed by atoms with Crippen LogP contribution < -0.4 is 20.7 Å². The summed E-state index contributed by atoms with van der Waals surface area (Å²) in [5, 5.41) is 17.6. The number of nitriles is 1. The van der Waals surface area contributed by atoms with E-state index >= 15 is 0 Å². The molecule has 0 fully saturated rings. The molecule has 0 radical (unpaired) electrons. The van der Waals surface area contributed by atoms with Crippen molar-refractivity contribution in [3.05, 3.63) is 114 Å². The molecule has 0 aliphatic heterocycles. The van der Waals surface area contributed by atoms with E-state index in [-0.39, 0.29) is 30.3 Å². The molecule has 8 heteroatoms. The number of nitrogens with one attached hydrogen (secondary N) is 3. The quantitative estimate of drug-likeness (QED) is 0.292. The van der Waals surface area contributed by atoms with Crippen molar-refractivity contribution in [2.24, 2.45) is 0 Å². The molecule has 3 N–H and O–H groups in total. The lowest BCUT2D eigenvalue weighted by molar-refractivity contribution is 0.0907. The third kappa shape index (κ3) is 6.30. The maximum atomic E-state index is 12.6. The summed E-state index contributed by atoms with van der Waals surface area (Å²) in [6.45, 7) is 1.95. The van der Waals surface area contributed by atoms with E-state index in [1.165, 1.54) is 0 Å². The summed E-state index contributed by atoms with van der Waals surface area (Å²) < 4.78 is 11.3. The smallest absolute Gasteiger partial charge is 0.323 e. The Hall–Kier alpha value is -5.03. The summed E-state index contributed by atoms with van der Waals surface area (Å²) in [6.07, 6.45) is 0. The second-order valence-electron chi connectivity index (χ2n) is 7.92. The van der Waals surface area contributed by atoms with Crippen LogP contribution in [0, 0.1) is 11.3 Å². The zero-order chi connectivity index (χ0) is 25.3. The summed E-state index contributed by atoms with van der Waals surface area (Å²) in [7, 11) is 0. The maximum absolute atomic E-state index is 12.6. The second-order valence-corrected chi connectivity index (χ2v) is 7.92.